The molecule has 0 bridgehead atoms. The van der Waals surface area contributed by atoms with Crippen molar-refractivity contribution in [3.05, 3.63) is 12.2 Å². The van der Waals surface area contributed by atoms with Gasteiger partial charge in [0.05, 0.1) is 6.54 Å². The Balaban J connectivity index is 2.08. The molecule has 1 aliphatic rings. The standard InChI is InChI=1S/C13H24N6O/c1-4-6-19-12(15-10-16-19)9-18-7-5-14-8-11(18)13(20)17(2)3/h10-11,14H,4-9H2,1-3H3. The van der Waals surface area contributed by atoms with Gasteiger partial charge in [0.1, 0.15) is 18.2 Å². The molecule has 0 aliphatic carbocycles. The van der Waals surface area contributed by atoms with Gasteiger partial charge in [-0.1, -0.05) is 6.92 Å². The number of amides is 1. The molecule has 112 valence electrons. The van der Waals surface area contributed by atoms with Crippen molar-refractivity contribution in [3.8, 4) is 0 Å². The van der Waals surface area contributed by atoms with Gasteiger partial charge in [0.2, 0.25) is 5.91 Å². The topological polar surface area (TPSA) is 66.3 Å². The summed E-state index contributed by atoms with van der Waals surface area (Å²) in [6, 6.07) is -0.120. The Morgan fingerprint density at radius 3 is 3.05 bits per heavy atom. The Morgan fingerprint density at radius 1 is 1.55 bits per heavy atom. The van der Waals surface area contributed by atoms with Crippen LogP contribution in [0.5, 0.6) is 0 Å². The minimum atomic E-state index is -0.120. The molecular formula is C13H24N6O. The van der Waals surface area contributed by atoms with E-state index in [9.17, 15) is 4.79 Å². The van der Waals surface area contributed by atoms with Crippen molar-refractivity contribution in [3.63, 3.8) is 0 Å². The van der Waals surface area contributed by atoms with Crippen molar-refractivity contribution in [1.82, 2.24) is 29.9 Å². The molecule has 7 heteroatoms. The van der Waals surface area contributed by atoms with Gasteiger partial charge in [-0.2, -0.15) is 5.10 Å². The fraction of sp³-hybridized carbons (Fsp3) is 0.769. The number of nitrogens with zero attached hydrogens (tertiary/aromatic N) is 5. The number of carbonyl (C=O) groups is 1. The highest BCUT2D eigenvalue weighted by Gasteiger charge is 2.30. The number of likely N-dealkylation sites (N-methyl/N-ethyl adjacent to an activating group) is 1. The van der Waals surface area contributed by atoms with E-state index in [1.54, 1.807) is 25.3 Å². The predicted octanol–water partition coefficient (Wildman–Crippen LogP) is -0.450. The van der Waals surface area contributed by atoms with Gasteiger partial charge < -0.3 is 10.2 Å². The Labute approximate surface area is 119 Å². The van der Waals surface area contributed by atoms with E-state index in [1.165, 1.54) is 0 Å². The summed E-state index contributed by atoms with van der Waals surface area (Å²) in [6.07, 6.45) is 2.62. The second-order valence-corrected chi connectivity index (χ2v) is 5.32. The van der Waals surface area contributed by atoms with E-state index < -0.39 is 0 Å². The summed E-state index contributed by atoms with van der Waals surface area (Å²) in [7, 11) is 3.60. The quantitative estimate of drug-likeness (QED) is 0.791. The van der Waals surface area contributed by atoms with E-state index in [4.69, 9.17) is 0 Å². The van der Waals surface area contributed by atoms with Crippen molar-refractivity contribution in [1.29, 1.82) is 0 Å². The summed E-state index contributed by atoms with van der Waals surface area (Å²) in [4.78, 5) is 20.4. The molecule has 1 aliphatic heterocycles. The molecule has 1 atom stereocenters. The summed E-state index contributed by atoms with van der Waals surface area (Å²) in [5.41, 5.74) is 0. The lowest BCUT2D eigenvalue weighted by atomic mass is 10.1. The van der Waals surface area contributed by atoms with Crippen LogP contribution in [0, 0.1) is 0 Å². The van der Waals surface area contributed by atoms with E-state index in [1.807, 2.05) is 4.68 Å². The third-order valence-corrected chi connectivity index (χ3v) is 3.56. The SMILES string of the molecule is CCCn1ncnc1CN1CCNCC1C(=O)N(C)C. The first-order chi connectivity index (χ1) is 9.63. The number of aromatic nitrogens is 3. The molecule has 1 saturated heterocycles. The Bertz CT molecular complexity index is 444. The molecule has 0 spiro atoms. The van der Waals surface area contributed by atoms with Crippen molar-refractivity contribution < 1.29 is 4.79 Å². The van der Waals surface area contributed by atoms with Gasteiger partial charge >= 0.3 is 0 Å². The highest BCUT2D eigenvalue weighted by molar-refractivity contribution is 5.81. The minimum absolute atomic E-state index is 0.120. The van der Waals surface area contributed by atoms with Gasteiger partial charge in [-0.05, 0) is 6.42 Å². The third-order valence-electron chi connectivity index (χ3n) is 3.56. The van der Waals surface area contributed by atoms with Gasteiger partial charge in [0.15, 0.2) is 0 Å². The molecule has 1 amide bonds. The lowest BCUT2D eigenvalue weighted by Gasteiger charge is -2.36. The van der Waals surface area contributed by atoms with E-state index >= 15 is 0 Å². The van der Waals surface area contributed by atoms with Crippen LogP contribution in [0.1, 0.15) is 19.2 Å². The summed E-state index contributed by atoms with van der Waals surface area (Å²) in [5.74, 6) is 1.07. The predicted molar refractivity (Wildman–Crippen MR) is 76.1 cm³/mol. The van der Waals surface area contributed by atoms with Crippen LogP contribution < -0.4 is 5.32 Å². The number of hydrogen-bond acceptors (Lipinski definition) is 5. The maximum Gasteiger partial charge on any atom is 0.240 e. The lowest BCUT2D eigenvalue weighted by Crippen LogP contribution is -2.57. The Morgan fingerprint density at radius 2 is 2.35 bits per heavy atom. The number of aryl methyl sites for hydroxylation is 1. The summed E-state index contributed by atoms with van der Waals surface area (Å²) < 4.78 is 1.93. The molecule has 0 saturated carbocycles. The van der Waals surface area contributed by atoms with Gasteiger partial charge in [-0.15, -0.1) is 0 Å². The number of carbonyl (C=O) groups excluding carboxylic acids is 1. The van der Waals surface area contributed by atoms with Gasteiger partial charge in [-0.3, -0.25) is 9.69 Å². The van der Waals surface area contributed by atoms with Crippen LogP contribution in [0.3, 0.4) is 0 Å². The molecule has 2 rings (SSSR count). The first kappa shape index (κ1) is 14.9. The average Bonchev–Trinajstić information content (AvgIpc) is 2.86. The van der Waals surface area contributed by atoms with E-state index in [-0.39, 0.29) is 11.9 Å². The lowest BCUT2D eigenvalue weighted by molar-refractivity contribution is -0.135. The second kappa shape index (κ2) is 6.81. The highest BCUT2D eigenvalue weighted by atomic mass is 16.2. The smallest absolute Gasteiger partial charge is 0.240 e. The van der Waals surface area contributed by atoms with Crippen molar-refractivity contribution >= 4 is 5.91 Å². The van der Waals surface area contributed by atoms with E-state index in [0.717, 1.165) is 31.9 Å². The molecule has 1 N–H and O–H groups in total. The summed E-state index contributed by atoms with van der Waals surface area (Å²) in [6.45, 7) is 6.11. The maximum atomic E-state index is 12.2. The number of rotatable bonds is 5. The van der Waals surface area contributed by atoms with Crippen LogP contribution in [-0.2, 0) is 17.9 Å². The van der Waals surface area contributed by atoms with E-state index in [0.29, 0.717) is 13.1 Å². The monoisotopic (exact) mass is 280 g/mol. The molecule has 0 aromatic carbocycles. The first-order valence-electron chi connectivity index (χ1n) is 7.16. The molecule has 2 heterocycles. The normalized spacial score (nSPS) is 20.1. The largest absolute Gasteiger partial charge is 0.347 e. The molecule has 1 unspecified atom stereocenters. The Kier molecular flexibility index (Phi) is 5.08. The first-order valence-corrected chi connectivity index (χ1v) is 7.16. The minimum Gasteiger partial charge on any atom is -0.347 e. The molecule has 1 aromatic heterocycles. The van der Waals surface area contributed by atoms with Crippen LogP contribution in [0.2, 0.25) is 0 Å². The third kappa shape index (κ3) is 3.34. The molecule has 1 aromatic rings. The zero-order chi connectivity index (χ0) is 14.5. The zero-order valence-electron chi connectivity index (χ0n) is 12.5. The number of nitrogens with one attached hydrogen (secondary N) is 1. The highest BCUT2D eigenvalue weighted by Crippen LogP contribution is 2.10. The van der Waals surface area contributed by atoms with Crippen molar-refractivity contribution in [2.45, 2.75) is 32.5 Å². The molecular weight excluding hydrogens is 256 g/mol. The van der Waals surface area contributed by atoms with Gasteiger partial charge in [0, 0.05) is 40.3 Å². The van der Waals surface area contributed by atoms with Crippen molar-refractivity contribution in [2.75, 3.05) is 33.7 Å². The fourth-order valence-electron chi connectivity index (χ4n) is 2.47. The van der Waals surface area contributed by atoms with Crippen molar-refractivity contribution in [2.24, 2.45) is 0 Å². The molecule has 0 radical (unpaired) electrons. The number of hydrogen-bond donors (Lipinski definition) is 1. The van der Waals surface area contributed by atoms with Crippen LogP contribution >= 0.6 is 0 Å². The van der Waals surface area contributed by atoms with E-state index in [2.05, 4.69) is 27.2 Å². The maximum absolute atomic E-state index is 12.2. The fourth-order valence-corrected chi connectivity index (χ4v) is 2.47. The summed E-state index contributed by atoms with van der Waals surface area (Å²) >= 11 is 0. The average molecular weight is 280 g/mol. The number of piperazine rings is 1. The zero-order valence-corrected chi connectivity index (χ0v) is 12.5. The van der Waals surface area contributed by atoms with Crippen LogP contribution in [-0.4, -0.2) is 70.2 Å². The van der Waals surface area contributed by atoms with Crippen LogP contribution in [0.4, 0.5) is 0 Å². The summed E-state index contributed by atoms with van der Waals surface area (Å²) in [5, 5.41) is 7.53. The van der Waals surface area contributed by atoms with Gasteiger partial charge in [-0.25, -0.2) is 9.67 Å². The van der Waals surface area contributed by atoms with Gasteiger partial charge in [0.25, 0.3) is 0 Å². The van der Waals surface area contributed by atoms with Crippen LogP contribution in [0.15, 0.2) is 6.33 Å². The molecule has 1 fully saturated rings. The van der Waals surface area contributed by atoms with Crippen LogP contribution in [0.25, 0.3) is 0 Å². The second-order valence-electron chi connectivity index (χ2n) is 5.32. The molecule has 20 heavy (non-hydrogen) atoms. The molecule has 7 nitrogen and oxygen atoms in total. The Hall–Kier alpha value is -1.47.